The van der Waals surface area contributed by atoms with Gasteiger partial charge in [0, 0.05) is 6.54 Å². The summed E-state index contributed by atoms with van der Waals surface area (Å²) in [5.41, 5.74) is 1.07. The lowest BCUT2D eigenvalue weighted by atomic mass is 9.66. The maximum Gasteiger partial charge on any atom is 0.0866 e. The van der Waals surface area contributed by atoms with Gasteiger partial charge >= 0.3 is 0 Å². The normalized spacial score (nSPS) is 44.5. The minimum absolute atomic E-state index is 0.320. The van der Waals surface area contributed by atoms with Crippen molar-refractivity contribution in [1.82, 2.24) is 4.90 Å². The molecule has 16 heavy (non-hydrogen) atoms. The predicted molar refractivity (Wildman–Crippen MR) is 65.3 cm³/mol. The van der Waals surface area contributed by atoms with Crippen LogP contribution in [0.5, 0.6) is 0 Å². The zero-order chi connectivity index (χ0) is 11.2. The van der Waals surface area contributed by atoms with Crippen LogP contribution in [-0.2, 0) is 0 Å². The zero-order valence-electron chi connectivity index (χ0n) is 10.3. The Kier molecular flexibility index (Phi) is 2.60. The van der Waals surface area contributed by atoms with Gasteiger partial charge in [-0.2, -0.15) is 0 Å². The van der Waals surface area contributed by atoms with Crippen molar-refractivity contribution in [3.8, 4) is 0 Å². The fourth-order valence-electron chi connectivity index (χ4n) is 3.99. The Balaban J connectivity index is 1.92. The highest BCUT2D eigenvalue weighted by Gasteiger charge is 2.49. The van der Waals surface area contributed by atoms with Gasteiger partial charge in [-0.15, -0.1) is 0 Å². The van der Waals surface area contributed by atoms with E-state index in [1.165, 1.54) is 44.2 Å². The summed E-state index contributed by atoms with van der Waals surface area (Å²) in [6.45, 7) is 4.57. The summed E-state index contributed by atoms with van der Waals surface area (Å²) in [5.74, 6) is 0.560. The number of aliphatic hydroxyl groups is 1. The minimum Gasteiger partial charge on any atom is -0.388 e. The van der Waals surface area contributed by atoms with Crippen LogP contribution < -0.4 is 0 Å². The maximum atomic E-state index is 11.0. The lowest BCUT2D eigenvalue weighted by Crippen LogP contribution is -2.62. The molecule has 1 saturated carbocycles. The van der Waals surface area contributed by atoms with Crippen molar-refractivity contribution in [1.29, 1.82) is 0 Å². The molecular weight excluding hydrogens is 198 g/mol. The number of rotatable bonds is 0. The van der Waals surface area contributed by atoms with Crippen LogP contribution in [0.2, 0.25) is 0 Å². The average molecular weight is 221 g/mol. The smallest absolute Gasteiger partial charge is 0.0866 e. The molecule has 0 radical (unpaired) electrons. The lowest BCUT2D eigenvalue weighted by molar-refractivity contribution is -0.128. The van der Waals surface area contributed by atoms with Crippen molar-refractivity contribution in [3.63, 3.8) is 0 Å². The fraction of sp³-hybridized carbons (Fsp3) is 0.857. The summed E-state index contributed by atoms with van der Waals surface area (Å²) in [7, 11) is 0. The Labute approximate surface area is 98.3 Å². The molecule has 3 aliphatic rings. The molecule has 0 aromatic carbocycles. The van der Waals surface area contributed by atoms with Crippen molar-refractivity contribution in [2.75, 3.05) is 13.1 Å². The Morgan fingerprint density at radius 1 is 1.31 bits per heavy atom. The molecule has 0 amide bonds. The third kappa shape index (κ3) is 1.54. The van der Waals surface area contributed by atoms with Crippen LogP contribution in [0.4, 0.5) is 0 Å². The van der Waals surface area contributed by atoms with Gasteiger partial charge < -0.3 is 5.11 Å². The Morgan fingerprint density at radius 2 is 2.19 bits per heavy atom. The predicted octanol–water partition coefficient (Wildman–Crippen LogP) is 2.33. The molecule has 2 heteroatoms. The second-order valence-corrected chi connectivity index (χ2v) is 5.97. The molecule has 2 fully saturated rings. The van der Waals surface area contributed by atoms with Gasteiger partial charge in [0.1, 0.15) is 0 Å². The second-order valence-electron chi connectivity index (χ2n) is 5.97. The summed E-state index contributed by atoms with van der Waals surface area (Å²) in [5, 5.41) is 11.0. The molecule has 1 N–H and O–H groups in total. The molecule has 1 aliphatic carbocycles. The van der Waals surface area contributed by atoms with Crippen molar-refractivity contribution in [2.45, 2.75) is 57.1 Å². The van der Waals surface area contributed by atoms with E-state index in [0.29, 0.717) is 12.0 Å². The van der Waals surface area contributed by atoms with Gasteiger partial charge in [0.2, 0.25) is 0 Å². The molecule has 3 rings (SSSR count). The monoisotopic (exact) mass is 221 g/mol. The highest BCUT2D eigenvalue weighted by molar-refractivity contribution is 5.18. The van der Waals surface area contributed by atoms with Crippen molar-refractivity contribution >= 4 is 0 Å². The molecule has 2 aliphatic heterocycles. The van der Waals surface area contributed by atoms with E-state index >= 15 is 0 Å². The molecular formula is C14H23NO. The molecule has 0 unspecified atom stereocenters. The van der Waals surface area contributed by atoms with Gasteiger partial charge in [-0.1, -0.05) is 24.5 Å². The molecule has 90 valence electrons. The van der Waals surface area contributed by atoms with Crippen molar-refractivity contribution in [2.24, 2.45) is 5.92 Å². The van der Waals surface area contributed by atoms with E-state index in [-0.39, 0.29) is 0 Å². The van der Waals surface area contributed by atoms with E-state index in [1.54, 1.807) is 0 Å². The van der Waals surface area contributed by atoms with Gasteiger partial charge in [0.15, 0.2) is 0 Å². The maximum absolute atomic E-state index is 11.0. The van der Waals surface area contributed by atoms with Gasteiger partial charge in [-0.05, 0) is 45.1 Å². The van der Waals surface area contributed by atoms with Crippen molar-refractivity contribution < 1.29 is 5.11 Å². The quantitative estimate of drug-likeness (QED) is 0.635. The van der Waals surface area contributed by atoms with E-state index in [4.69, 9.17) is 0 Å². The first-order chi connectivity index (χ1) is 7.70. The molecule has 2 heterocycles. The van der Waals surface area contributed by atoms with Gasteiger partial charge in [-0.3, -0.25) is 4.90 Å². The van der Waals surface area contributed by atoms with E-state index < -0.39 is 5.60 Å². The number of fused-ring (bicyclic) bond motifs is 3. The largest absolute Gasteiger partial charge is 0.388 e. The average Bonchev–Trinajstić information content (AvgIpc) is 2.29. The van der Waals surface area contributed by atoms with E-state index in [2.05, 4.69) is 17.9 Å². The van der Waals surface area contributed by atoms with Crippen LogP contribution in [0.15, 0.2) is 11.6 Å². The van der Waals surface area contributed by atoms with E-state index in [0.717, 1.165) is 13.0 Å². The van der Waals surface area contributed by atoms with Crippen LogP contribution >= 0.6 is 0 Å². The topological polar surface area (TPSA) is 23.5 Å². The standard InChI is InChI=1S/C14H23NO/c1-11-5-8-15-9-6-12-4-2-3-7-14(12,16)13(15)10-11/h10,12-13,16H,2-9H2,1H3/t12-,13-,14-/m0/s1. The van der Waals surface area contributed by atoms with Crippen LogP contribution in [-0.4, -0.2) is 34.7 Å². The second kappa shape index (κ2) is 3.85. The molecule has 2 nitrogen and oxygen atoms in total. The summed E-state index contributed by atoms with van der Waals surface area (Å²) in [4.78, 5) is 2.51. The van der Waals surface area contributed by atoms with Gasteiger partial charge in [0.05, 0.1) is 11.6 Å². The van der Waals surface area contributed by atoms with Crippen LogP contribution in [0.1, 0.15) is 45.4 Å². The minimum atomic E-state index is -0.405. The third-order valence-electron chi connectivity index (χ3n) is 4.99. The first-order valence-electron chi connectivity index (χ1n) is 6.84. The highest BCUT2D eigenvalue weighted by Crippen LogP contribution is 2.45. The van der Waals surface area contributed by atoms with Crippen LogP contribution in [0, 0.1) is 5.92 Å². The summed E-state index contributed by atoms with van der Waals surface area (Å²) < 4.78 is 0. The summed E-state index contributed by atoms with van der Waals surface area (Å²) in [6.07, 6.45) is 9.54. The molecule has 0 aromatic heterocycles. The molecule has 1 saturated heterocycles. The fourth-order valence-corrected chi connectivity index (χ4v) is 3.99. The molecule has 3 atom stereocenters. The summed E-state index contributed by atoms with van der Waals surface area (Å²) >= 11 is 0. The molecule has 0 bridgehead atoms. The first-order valence-corrected chi connectivity index (χ1v) is 6.84. The Morgan fingerprint density at radius 3 is 3.06 bits per heavy atom. The van der Waals surface area contributed by atoms with E-state index in [9.17, 15) is 5.11 Å². The third-order valence-corrected chi connectivity index (χ3v) is 4.99. The number of nitrogens with zero attached hydrogens (tertiary/aromatic N) is 1. The number of hydrogen-bond donors (Lipinski definition) is 1. The van der Waals surface area contributed by atoms with Crippen LogP contribution in [0.25, 0.3) is 0 Å². The number of hydrogen-bond acceptors (Lipinski definition) is 2. The van der Waals surface area contributed by atoms with Crippen molar-refractivity contribution in [3.05, 3.63) is 11.6 Å². The molecule has 0 aromatic rings. The van der Waals surface area contributed by atoms with Gasteiger partial charge in [-0.25, -0.2) is 0 Å². The number of piperidine rings is 1. The highest BCUT2D eigenvalue weighted by atomic mass is 16.3. The first kappa shape index (κ1) is 10.8. The Hall–Kier alpha value is -0.340. The van der Waals surface area contributed by atoms with Crippen LogP contribution in [0.3, 0.4) is 0 Å². The SMILES string of the molecule is CC1=C[C@@H]2N(CC1)CC[C@@H]1CCCC[C@]12O. The lowest BCUT2D eigenvalue weighted by Gasteiger charge is -2.54. The van der Waals surface area contributed by atoms with Gasteiger partial charge in [0.25, 0.3) is 0 Å². The molecule has 0 spiro atoms. The Bertz CT molecular complexity index is 312. The van der Waals surface area contributed by atoms with E-state index in [1.807, 2.05) is 0 Å². The summed E-state index contributed by atoms with van der Waals surface area (Å²) in [6, 6.07) is 0.320. The zero-order valence-corrected chi connectivity index (χ0v) is 10.3.